The second-order valence-corrected chi connectivity index (χ2v) is 8.62. The van der Waals surface area contributed by atoms with Crippen LogP contribution < -0.4 is 4.72 Å². The molecule has 0 aliphatic carbocycles. The summed E-state index contributed by atoms with van der Waals surface area (Å²) in [6.07, 6.45) is 5.93. The Balaban J connectivity index is 1.44. The van der Waals surface area contributed by atoms with Gasteiger partial charge < -0.3 is 0 Å². The van der Waals surface area contributed by atoms with Gasteiger partial charge in [0.15, 0.2) is 0 Å². The summed E-state index contributed by atoms with van der Waals surface area (Å²) >= 11 is 0. The van der Waals surface area contributed by atoms with E-state index in [1.165, 1.54) is 0 Å². The molecule has 1 N–H and O–H groups in total. The molecule has 0 saturated carbocycles. The molecule has 29 heavy (non-hydrogen) atoms. The van der Waals surface area contributed by atoms with Crippen molar-refractivity contribution in [1.29, 1.82) is 0 Å². The molecule has 2 aromatic carbocycles. The highest BCUT2D eigenvalue weighted by atomic mass is 32.2. The molecule has 3 rings (SSSR count). The normalized spacial score (nSPS) is 11.3. The van der Waals surface area contributed by atoms with Gasteiger partial charge in [0.2, 0.25) is 10.0 Å². The second kappa shape index (κ2) is 10.1. The lowest BCUT2D eigenvalue weighted by atomic mass is 10.0. The minimum Gasteiger partial charge on any atom is -0.300 e. The average molecular weight is 409 g/mol. The number of pyridine rings is 1. The number of Topliss-reactive ketones (excluding diaryl/α,β-unsaturated/α-hetero) is 1. The summed E-state index contributed by atoms with van der Waals surface area (Å²) in [7, 11) is -3.52. The number of carbonyl (C=O) groups is 1. The molecule has 0 saturated heterocycles. The van der Waals surface area contributed by atoms with E-state index in [0.717, 1.165) is 16.7 Å². The van der Waals surface area contributed by atoms with Crippen LogP contribution in [-0.4, -0.2) is 19.2 Å². The SMILES string of the molecule is O=C(CCc1ccc(CNS(=O)(=O)c2ccccc2)cc1)CCc1cccnc1. The van der Waals surface area contributed by atoms with Gasteiger partial charge in [-0.3, -0.25) is 9.78 Å². The van der Waals surface area contributed by atoms with Crippen LogP contribution in [0.15, 0.2) is 84.0 Å². The molecule has 1 heterocycles. The van der Waals surface area contributed by atoms with Crippen molar-refractivity contribution in [2.24, 2.45) is 0 Å². The van der Waals surface area contributed by atoms with Crippen molar-refractivity contribution < 1.29 is 13.2 Å². The maximum Gasteiger partial charge on any atom is 0.240 e. The van der Waals surface area contributed by atoms with Crippen LogP contribution in [-0.2, 0) is 34.2 Å². The molecule has 0 bridgehead atoms. The van der Waals surface area contributed by atoms with Crippen LogP contribution >= 0.6 is 0 Å². The van der Waals surface area contributed by atoms with Gasteiger partial charge >= 0.3 is 0 Å². The molecule has 6 heteroatoms. The summed E-state index contributed by atoms with van der Waals surface area (Å²) < 4.78 is 27.1. The number of aryl methyl sites for hydroxylation is 2. The number of hydrogen-bond donors (Lipinski definition) is 1. The van der Waals surface area contributed by atoms with Gasteiger partial charge in [0.1, 0.15) is 5.78 Å². The van der Waals surface area contributed by atoms with Gasteiger partial charge in [-0.25, -0.2) is 13.1 Å². The third-order valence-electron chi connectivity index (χ3n) is 4.65. The molecule has 3 aromatic rings. The summed E-state index contributed by atoms with van der Waals surface area (Å²) in [4.78, 5) is 16.4. The molecule has 150 valence electrons. The van der Waals surface area contributed by atoms with E-state index < -0.39 is 10.0 Å². The first-order valence-corrected chi connectivity index (χ1v) is 11.0. The van der Waals surface area contributed by atoms with E-state index in [2.05, 4.69) is 9.71 Å². The lowest BCUT2D eigenvalue weighted by Gasteiger charge is -2.08. The van der Waals surface area contributed by atoms with Crippen molar-refractivity contribution in [3.05, 3.63) is 95.8 Å². The lowest BCUT2D eigenvalue weighted by molar-refractivity contribution is -0.119. The van der Waals surface area contributed by atoms with Gasteiger partial charge in [-0.2, -0.15) is 0 Å². The molecule has 0 spiro atoms. The Morgan fingerprint density at radius 3 is 2.10 bits per heavy atom. The highest BCUT2D eigenvalue weighted by Crippen LogP contribution is 2.11. The molecule has 0 unspecified atom stereocenters. The minimum atomic E-state index is -3.52. The molecule has 0 aliphatic heterocycles. The molecule has 0 aliphatic rings. The molecule has 5 nitrogen and oxygen atoms in total. The summed E-state index contributed by atoms with van der Waals surface area (Å²) in [5.74, 6) is 0.230. The fraction of sp³-hybridized carbons (Fsp3) is 0.217. The molecule has 0 radical (unpaired) electrons. The predicted molar refractivity (Wildman–Crippen MR) is 113 cm³/mol. The van der Waals surface area contributed by atoms with Crippen molar-refractivity contribution >= 4 is 15.8 Å². The third-order valence-corrected chi connectivity index (χ3v) is 6.07. The van der Waals surface area contributed by atoms with Crippen LogP contribution in [0.1, 0.15) is 29.5 Å². The minimum absolute atomic E-state index is 0.224. The van der Waals surface area contributed by atoms with Crippen LogP contribution in [0.3, 0.4) is 0 Å². The smallest absolute Gasteiger partial charge is 0.240 e. The van der Waals surface area contributed by atoms with E-state index in [1.807, 2.05) is 36.4 Å². The molecule has 0 atom stereocenters. The van der Waals surface area contributed by atoms with Crippen LogP contribution in [0, 0.1) is 0 Å². The van der Waals surface area contributed by atoms with E-state index >= 15 is 0 Å². The highest BCUT2D eigenvalue weighted by molar-refractivity contribution is 7.89. The summed E-state index contributed by atoms with van der Waals surface area (Å²) in [5, 5.41) is 0. The summed E-state index contributed by atoms with van der Waals surface area (Å²) in [6.45, 7) is 0.224. The zero-order chi connectivity index (χ0) is 20.5. The number of hydrogen-bond acceptors (Lipinski definition) is 4. The second-order valence-electron chi connectivity index (χ2n) is 6.85. The number of aromatic nitrogens is 1. The van der Waals surface area contributed by atoms with E-state index in [1.54, 1.807) is 42.7 Å². The Bertz CT molecular complexity index is 1020. The van der Waals surface area contributed by atoms with E-state index in [0.29, 0.717) is 25.7 Å². The molecule has 1 aromatic heterocycles. The average Bonchev–Trinajstić information content (AvgIpc) is 2.77. The zero-order valence-electron chi connectivity index (χ0n) is 16.1. The summed E-state index contributed by atoms with van der Waals surface area (Å²) in [5.41, 5.74) is 3.01. The Kier molecular flexibility index (Phi) is 7.27. The number of benzene rings is 2. The summed E-state index contributed by atoms with van der Waals surface area (Å²) in [6, 6.07) is 19.8. The van der Waals surface area contributed by atoms with E-state index in [-0.39, 0.29) is 17.2 Å². The first-order chi connectivity index (χ1) is 14.0. The van der Waals surface area contributed by atoms with Crippen molar-refractivity contribution in [2.75, 3.05) is 0 Å². The maximum absolute atomic E-state index is 12.3. The van der Waals surface area contributed by atoms with Crippen molar-refractivity contribution in [1.82, 2.24) is 9.71 Å². The fourth-order valence-corrected chi connectivity index (χ4v) is 3.96. The first-order valence-electron chi connectivity index (χ1n) is 9.56. The number of nitrogens with zero attached hydrogens (tertiary/aromatic N) is 1. The predicted octanol–water partition coefficient (Wildman–Crippen LogP) is 3.69. The quantitative estimate of drug-likeness (QED) is 0.555. The van der Waals surface area contributed by atoms with Gasteiger partial charge in [0.05, 0.1) is 4.90 Å². The van der Waals surface area contributed by atoms with Crippen molar-refractivity contribution in [2.45, 2.75) is 37.1 Å². The number of carbonyl (C=O) groups excluding carboxylic acids is 1. The molecular weight excluding hydrogens is 384 g/mol. The standard InChI is InChI=1S/C23H24N2O3S/c26-22(15-13-20-5-4-16-24-17-20)14-12-19-8-10-21(11-9-19)18-25-29(27,28)23-6-2-1-3-7-23/h1-11,16-17,25H,12-15,18H2. The number of nitrogens with one attached hydrogen (secondary N) is 1. The van der Waals surface area contributed by atoms with Gasteiger partial charge in [0.25, 0.3) is 0 Å². The van der Waals surface area contributed by atoms with Crippen LogP contribution in [0.5, 0.6) is 0 Å². The lowest BCUT2D eigenvalue weighted by Crippen LogP contribution is -2.23. The monoisotopic (exact) mass is 408 g/mol. The number of rotatable bonds is 10. The van der Waals surface area contributed by atoms with Gasteiger partial charge in [-0.15, -0.1) is 0 Å². The molecule has 0 amide bonds. The zero-order valence-corrected chi connectivity index (χ0v) is 16.9. The first kappa shape index (κ1) is 20.9. The van der Waals surface area contributed by atoms with Gasteiger partial charge in [0, 0.05) is 31.8 Å². The highest BCUT2D eigenvalue weighted by Gasteiger charge is 2.12. The Hall–Kier alpha value is -2.83. The van der Waals surface area contributed by atoms with Crippen LogP contribution in [0.2, 0.25) is 0 Å². The molecule has 0 fully saturated rings. The number of ketones is 1. The van der Waals surface area contributed by atoms with E-state index in [4.69, 9.17) is 0 Å². The van der Waals surface area contributed by atoms with E-state index in [9.17, 15) is 13.2 Å². The Morgan fingerprint density at radius 2 is 1.45 bits per heavy atom. The van der Waals surface area contributed by atoms with Crippen molar-refractivity contribution in [3.8, 4) is 0 Å². The van der Waals surface area contributed by atoms with Crippen LogP contribution in [0.4, 0.5) is 0 Å². The fourth-order valence-electron chi connectivity index (χ4n) is 2.92. The Morgan fingerprint density at radius 1 is 0.793 bits per heavy atom. The van der Waals surface area contributed by atoms with Gasteiger partial charge in [-0.1, -0.05) is 48.5 Å². The molecular formula is C23H24N2O3S. The van der Waals surface area contributed by atoms with Crippen LogP contribution in [0.25, 0.3) is 0 Å². The largest absolute Gasteiger partial charge is 0.300 e. The van der Waals surface area contributed by atoms with Crippen molar-refractivity contribution in [3.63, 3.8) is 0 Å². The van der Waals surface area contributed by atoms with Gasteiger partial charge in [-0.05, 0) is 47.7 Å². The topological polar surface area (TPSA) is 76.1 Å². The Labute approximate surface area is 171 Å². The third kappa shape index (κ3) is 6.62. The maximum atomic E-state index is 12.3. The number of sulfonamides is 1.